The van der Waals surface area contributed by atoms with E-state index >= 15 is 0 Å². The third kappa shape index (κ3) is 14.7. The molecule has 0 aromatic rings. The van der Waals surface area contributed by atoms with E-state index in [4.69, 9.17) is 10.5 Å². The molecule has 0 heterocycles. The van der Waals surface area contributed by atoms with E-state index in [0.717, 1.165) is 25.9 Å². The van der Waals surface area contributed by atoms with Gasteiger partial charge in [-0.3, -0.25) is 20.6 Å². The number of guanidine groups is 2. The van der Waals surface area contributed by atoms with Gasteiger partial charge in [-0.2, -0.15) is 10.5 Å². The van der Waals surface area contributed by atoms with E-state index in [9.17, 15) is 0 Å². The van der Waals surface area contributed by atoms with Crippen molar-refractivity contribution >= 4 is 11.9 Å². The fraction of sp³-hybridized carbons (Fsp3) is 0.800. The van der Waals surface area contributed by atoms with Crippen molar-refractivity contribution in [3.8, 4) is 12.4 Å². The Bertz CT molecular complexity index is 477. The minimum atomic E-state index is 0.632. The highest BCUT2D eigenvalue weighted by Gasteiger charge is 2.00. The van der Waals surface area contributed by atoms with Gasteiger partial charge in [0, 0.05) is 41.3 Å². The van der Waals surface area contributed by atoms with E-state index in [0.29, 0.717) is 11.9 Å². The van der Waals surface area contributed by atoms with Crippen LogP contribution in [0.15, 0.2) is 9.98 Å². The van der Waals surface area contributed by atoms with Crippen LogP contribution >= 0.6 is 0 Å². The SMILES string of the molecule is CN(C)C(=NCCCCCCCCCCCCN=C(NC#N)N(C)C)NC#N. The summed E-state index contributed by atoms with van der Waals surface area (Å²) in [5.41, 5.74) is 0. The number of hydrogen-bond donors (Lipinski definition) is 2. The van der Waals surface area contributed by atoms with Crippen LogP contribution in [0.2, 0.25) is 0 Å². The third-order valence-corrected chi connectivity index (χ3v) is 4.27. The number of nitriles is 2. The highest BCUT2D eigenvalue weighted by Crippen LogP contribution is 2.10. The summed E-state index contributed by atoms with van der Waals surface area (Å²) in [6, 6.07) is 0. The maximum absolute atomic E-state index is 8.66. The summed E-state index contributed by atoms with van der Waals surface area (Å²) in [6.45, 7) is 1.54. The molecular weight excluding hydrogens is 352 g/mol. The first-order chi connectivity index (χ1) is 13.5. The number of aliphatic imine (C=N–C) groups is 2. The van der Waals surface area contributed by atoms with Gasteiger partial charge in [0.25, 0.3) is 0 Å². The Hall–Kier alpha value is -2.48. The van der Waals surface area contributed by atoms with E-state index in [1.54, 1.807) is 0 Å². The molecule has 0 rings (SSSR count). The van der Waals surface area contributed by atoms with Crippen LogP contribution in [-0.4, -0.2) is 63.0 Å². The van der Waals surface area contributed by atoms with Crippen LogP contribution in [0.5, 0.6) is 0 Å². The van der Waals surface area contributed by atoms with Gasteiger partial charge in [0.2, 0.25) is 11.9 Å². The summed E-state index contributed by atoms with van der Waals surface area (Å²) < 4.78 is 0. The van der Waals surface area contributed by atoms with Crippen molar-refractivity contribution in [2.45, 2.75) is 64.2 Å². The van der Waals surface area contributed by atoms with Gasteiger partial charge in [0.15, 0.2) is 12.4 Å². The Kier molecular flexibility index (Phi) is 16.3. The van der Waals surface area contributed by atoms with Crippen LogP contribution in [0.1, 0.15) is 64.2 Å². The largest absolute Gasteiger partial charge is 0.348 e. The van der Waals surface area contributed by atoms with Crippen molar-refractivity contribution in [1.29, 1.82) is 10.5 Å². The summed E-state index contributed by atoms with van der Waals surface area (Å²) in [5.74, 6) is 1.26. The van der Waals surface area contributed by atoms with Crippen molar-refractivity contribution in [3.05, 3.63) is 0 Å². The average molecular weight is 391 g/mol. The molecule has 158 valence electrons. The lowest BCUT2D eigenvalue weighted by Crippen LogP contribution is -2.33. The highest BCUT2D eigenvalue weighted by molar-refractivity contribution is 5.81. The maximum atomic E-state index is 8.66. The predicted octanol–water partition coefficient (Wildman–Crippen LogP) is 2.86. The molecule has 0 fully saturated rings. The number of rotatable bonds is 13. The first kappa shape index (κ1) is 25.5. The highest BCUT2D eigenvalue weighted by atomic mass is 15.3. The lowest BCUT2D eigenvalue weighted by Gasteiger charge is -2.13. The molecule has 0 radical (unpaired) electrons. The number of unbranched alkanes of at least 4 members (excludes halogenated alkanes) is 9. The fourth-order valence-electron chi connectivity index (χ4n) is 2.69. The maximum Gasteiger partial charge on any atom is 0.206 e. The second-order valence-electron chi connectivity index (χ2n) is 7.21. The number of nitrogens with one attached hydrogen (secondary N) is 2. The zero-order chi connectivity index (χ0) is 21.0. The Morgan fingerprint density at radius 2 is 0.893 bits per heavy atom. The van der Waals surface area contributed by atoms with Crippen LogP contribution in [0, 0.1) is 22.9 Å². The molecule has 28 heavy (non-hydrogen) atoms. The summed E-state index contributed by atoms with van der Waals surface area (Å²) in [4.78, 5) is 12.4. The second kappa shape index (κ2) is 17.9. The second-order valence-corrected chi connectivity index (χ2v) is 7.21. The van der Waals surface area contributed by atoms with Crippen LogP contribution in [0.25, 0.3) is 0 Å². The molecule has 0 atom stereocenters. The van der Waals surface area contributed by atoms with Crippen molar-refractivity contribution in [2.24, 2.45) is 9.98 Å². The van der Waals surface area contributed by atoms with Crippen LogP contribution < -0.4 is 10.6 Å². The van der Waals surface area contributed by atoms with Crippen LogP contribution in [-0.2, 0) is 0 Å². The fourth-order valence-corrected chi connectivity index (χ4v) is 2.69. The van der Waals surface area contributed by atoms with Gasteiger partial charge in [-0.05, 0) is 12.8 Å². The Labute approximate surface area is 171 Å². The van der Waals surface area contributed by atoms with E-state index in [-0.39, 0.29) is 0 Å². The van der Waals surface area contributed by atoms with Gasteiger partial charge in [-0.25, -0.2) is 0 Å². The quantitative estimate of drug-likeness (QED) is 0.165. The Balaban J connectivity index is 3.52. The molecule has 0 bridgehead atoms. The van der Waals surface area contributed by atoms with Gasteiger partial charge in [-0.15, -0.1) is 0 Å². The molecule has 0 saturated heterocycles. The molecule has 0 unspecified atom stereocenters. The Morgan fingerprint density at radius 1 is 0.607 bits per heavy atom. The summed E-state index contributed by atoms with van der Waals surface area (Å²) in [7, 11) is 7.51. The molecular formula is C20H38N8. The lowest BCUT2D eigenvalue weighted by molar-refractivity contribution is 0.550. The average Bonchev–Trinajstić information content (AvgIpc) is 2.66. The summed E-state index contributed by atoms with van der Waals surface area (Å²) in [6.07, 6.45) is 16.1. The Morgan fingerprint density at radius 3 is 1.14 bits per heavy atom. The molecule has 8 heteroatoms. The van der Waals surface area contributed by atoms with E-state index < -0.39 is 0 Å². The predicted molar refractivity (Wildman–Crippen MR) is 116 cm³/mol. The van der Waals surface area contributed by atoms with Crippen LogP contribution in [0.4, 0.5) is 0 Å². The minimum absolute atomic E-state index is 0.632. The van der Waals surface area contributed by atoms with Crippen molar-refractivity contribution in [2.75, 3.05) is 41.3 Å². The molecule has 2 N–H and O–H groups in total. The molecule has 8 nitrogen and oxygen atoms in total. The first-order valence-corrected chi connectivity index (χ1v) is 10.3. The standard InChI is InChI=1S/C20H38N8/c1-27(2)19(25-17-21)23-15-13-11-9-7-5-6-8-10-12-14-16-24-20(26-18-22)28(3)4/h5-16H2,1-4H3,(H,23,25)(H,24,26). The van der Waals surface area contributed by atoms with Crippen molar-refractivity contribution in [1.82, 2.24) is 20.4 Å². The molecule has 0 aliphatic rings. The van der Waals surface area contributed by atoms with E-state index in [1.165, 1.54) is 51.4 Å². The lowest BCUT2D eigenvalue weighted by atomic mass is 10.1. The molecule has 0 spiro atoms. The summed E-state index contributed by atoms with van der Waals surface area (Å²) in [5, 5.41) is 22.5. The van der Waals surface area contributed by atoms with E-state index in [1.807, 2.05) is 50.4 Å². The molecule has 0 saturated carbocycles. The minimum Gasteiger partial charge on any atom is -0.348 e. The van der Waals surface area contributed by atoms with Gasteiger partial charge < -0.3 is 9.80 Å². The molecule has 0 aromatic heterocycles. The summed E-state index contributed by atoms with van der Waals surface area (Å²) >= 11 is 0. The molecule has 0 aliphatic carbocycles. The van der Waals surface area contributed by atoms with E-state index in [2.05, 4.69) is 20.6 Å². The topological polar surface area (TPSA) is 103 Å². The monoisotopic (exact) mass is 390 g/mol. The first-order valence-electron chi connectivity index (χ1n) is 10.3. The zero-order valence-electron chi connectivity index (χ0n) is 18.2. The van der Waals surface area contributed by atoms with Crippen molar-refractivity contribution in [3.63, 3.8) is 0 Å². The van der Waals surface area contributed by atoms with Gasteiger partial charge >= 0.3 is 0 Å². The molecule has 0 amide bonds. The zero-order valence-corrected chi connectivity index (χ0v) is 18.2. The van der Waals surface area contributed by atoms with Crippen molar-refractivity contribution < 1.29 is 0 Å². The van der Waals surface area contributed by atoms with Gasteiger partial charge in [0.05, 0.1) is 0 Å². The molecule has 0 aromatic carbocycles. The van der Waals surface area contributed by atoms with Crippen LogP contribution in [0.3, 0.4) is 0 Å². The third-order valence-electron chi connectivity index (χ3n) is 4.27. The molecule has 0 aliphatic heterocycles. The number of nitrogens with zero attached hydrogens (tertiary/aromatic N) is 6. The smallest absolute Gasteiger partial charge is 0.206 e. The number of hydrogen-bond acceptors (Lipinski definition) is 4. The normalized spacial score (nSPS) is 11.5. The van der Waals surface area contributed by atoms with Gasteiger partial charge in [0.1, 0.15) is 0 Å². The van der Waals surface area contributed by atoms with Gasteiger partial charge in [-0.1, -0.05) is 51.4 Å².